The largest absolute Gasteiger partial charge is 0.374 e. The summed E-state index contributed by atoms with van der Waals surface area (Å²) in [5.74, 6) is 0.588. The second-order valence-corrected chi connectivity index (χ2v) is 21.3. The molecule has 12 heteroatoms. The predicted octanol–water partition coefficient (Wildman–Crippen LogP) is 6.92. The van der Waals surface area contributed by atoms with Crippen LogP contribution < -0.4 is 15.5 Å². The molecule has 10 nitrogen and oxygen atoms in total. The summed E-state index contributed by atoms with van der Waals surface area (Å²) in [7, 11) is -0.628. The van der Waals surface area contributed by atoms with Crippen molar-refractivity contribution in [3.8, 4) is 22.3 Å². The molecule has 2 aromatic carbocycles. The van der Waals surface area contributed by atoms with Crippen molar-refractivity contribution in [2.45, 2.75) is 88.9 Å². The minimum Gasteiger partial charge on any atom is -0.374 e. The Bertz CT molecular complexity index is 2080. The third kappa shape index (κ3) is 8.04. The molecule has 2 amide bonds. The fourth-order valence-electron chi connectivity index (χ4n) is 8.39. The Labute approximate surface area is 324 Å². The lowest BCUT2D eigenvalue weighted by Gasteiger charge is -2.33. The molecule has 0 spiro atoms. The third-order valence-electron chi connectivity index (χ3n) is 11.7. The second-order valence-electron chi connectivity index (χ2n) is 16.7. The van der Waals surface area contributed by atoms with E-state index in [4.69, 9.17) is 19.6 Å². The topological polar surface area (TPSA) is 111 Å². The number of alkyl halides is 1. The second kappa shape index (κ2) is 15.0. The van der Waals surface area contributed by atoms with Gasteiger partial charge in [0.2, 0.25) is 5.91 Å². The highest BCUT2D eigenvalue weighted by atomic mass is 32.3. The van der Waals surface area contributed by atoms with Crippen LogP contribution in [0.25, 0.3) is 22.3 Å². The van der Waals surface area contributed by atoms with E-state index in [1.807, 2.05) is 55.1 Å². The van der Waals surface area contributed by atoms with E-state index in [2.05, 4.69) is 58.6 Å². The number of nitrogens with one attached hydrogen (secondary N) is 2. The number of fused-ring (bicyclic) bond motifs is 3. The molecule has 2 aromatic heterocycles. The lowest BCUT2D eigenvalue weighted by atomic mass is 9.77. The Kier molecular flexibility index (Phi) is 10.3. The van der Waals surface area contributed by atoms with Gasteiger partial charge in [-0.3, -0.25) is 9.59 Å². The Morgan fingerprint density at radius 2 is 1.82 bits per heavy atom. The van der Waals surface area contributed by atoms with Crippen LogP contribution in [0.5, 0.6) is 0 Å². The van der Waals surface area contributed by atoms with Gasteiger partial charge in [-0.2, -0.15) is 5.10 Å². The molecular weight excluding hydrogens is 716 g/mol. The number of nitrogens with zero attached hydrogens (tertiary/aromatic N) is 4. The van der Waals surface area contributed by atoms with Gasteiger partial charge in [-0.15, -0.1) is 0 Å². The van der Waals surface area contributed by atoms with Crippen LogP contribution in [0.3, 0.4) is 0 Å². The zero-order valence-corrected chi connectivity index (χ0v) is 33.4. The van der Waals surface area contributed by atoms with Crippen molar-refractivity contribution in [3.63, 3.8) is 0 Å². The van der Waals surface area contributed by atoms with Crippen LogP contribution >= 0.6 is 10.0 Å². The number of anilines is 2. The molecular formula is C43H53FN6O4S. The summed E-state index contributed by atoms with van der Waals surface area (Å²) in [5, 5.41) is 10.7. The van der Waals surface area contributed by atoms with Crippen LogP contribution in [0, 0.1) is 13.8 Å². The summed E-state index contributed by atoms with van der Waals surface area (Å²) in [5.41, 5.74) is 6.83. The van der Waals surface area contributed by atoms with Crippen molar-refractivity contribution in [2.75, 3.05) is 54.5 Å². The van der Waals surface area contributed by atoms with Crippen molar-refractivity contribution >= 4 is 33.3 Å². The summed E-state index contributed by atoms with van der Waals surface area (Å²) in [6, 6.07) is 17.7. The van der Waals surface area contributed by atoms with Gasteiger partial charge in [-0.25, -0.2) is 24.1 Å². The Morgan fingerprint density at radius 3 is 2.53 bits per heavy atom. The maximum absolute atomic E-state index is 15.1. The van der Waals surface area contributed by atoms with E-state index in [-0.39, 0.29) is 30.8 Å². The third-order valence-corrected chi connectivity index (χ3v) is 13.1. The van der Waals surface area contributed by atoms with Crippen LogP contribution in [0.4, 0.5) is 15.9 Å². The Morgan fingerprint density at radius 1 is 1.05 bits per heavy atom. The fraction of sp³-hybridized carbons (Fsp3) is 0.488. The number of benzene rings is 2. The number of aromatic nitrogens is 3. The van der Waals surface area contributed by atoms with E-state index in [1.165, 1.54) is 0 Å². The molecule has 4 aromatic rings. The van der Waals surface area contributed by atoms with Crippen molar-refractivity contribution < 1.29 is 23.5 Å². The molecule has 0 unspecified atom stereocenters. The summed E-state index contributed by atoms with van der Waals surface area (Å²) in [6.45, 7) is 6.71. The summed E-state index contributed by atoms with van der Waals surface area (Å²) >= 11 is 0. The monoisotopic (exact) mass is 768 g/mol. The zero-order valence-electron chi connectivity index (χ0n) is 32.6. The van der Waals surface area contributed by atoms with Gasteiger partial charge in [-0.05, 0) is 123 Å². The molecule has 0 radical (unpaired) electrons. The molecule has 1 saturated carbocycles. The molecule has 4 aliphatic rings. The van der Waals surface area contributed by atoms with Crippen LogP contribution in [-0.4, -0.2) is 94.7 Å². The first-order valence-corrected chi connectivity index (χ1v) is 22.5. The number of morpholine rings is 1. The number of pyridine rings is 1. The van der Waals surface area contributed by atoms with E-state index >= 15 is 4.39 Å². The number of amides is 2. The van der Waals surface area contributed by atoms with Gasteiger partial charge in [0.15, 0.2) is 5.67 Å². The number of halogens is 1. The van der Waals surface area contributed by atoms with Crippen molar-refractivity contribution in [1.29, 1.82) is 0 Å². The molecule has 55 heavy (non-hydrogen) atoms. The smallest absolute Gasteiger partial charge is 0.258 e. The Hall–Kier alpha value is -4.26. The van der Waals surface area contributed by atoms with Crippen LogP contribution in [0.1, 0.15) is 60.5 Å². The number of ether oxygens (including phenoxy) is 2. The standard InChI is InChI=1S/C43H53FN6O4S/c1-27-39(28(2)50(48-27)26-53-19-20-55(3,4)5)30-11-13-33(14-12-30)46-41(51)40(47-42(52)43(44)16-17-43)36-8-6-7-29-9-10-31(21-37(29)36)32-15-18-45-38(22-32)49-24-35-23-34(49)25-54-35/h9-15,18,21-22,34-36,40H,6-8,16-17,19-20,23-26H2,1-5H3,(H,46,51)(H,47,52)/t34-,35-,36+,40-/m0/s1. The maximum atomic E-state index is 15.1. The number of rotatable bonds is 13. The SMILES string of the molecule is Cc1nn(COCCS(C)(C)C)c(C)c1-c1ccc(NC(=O)[C@@H](NC(=O)C2(F)CC2)[C@@H]2CCCc3ccc(-c4ccnc(N5C[C@@H]6C[C@H]5CO6)c4)cc32)cc1. The lowest BCUT2D eigenvalue weighted by molar-refractivity contribution is -0.131. The number of hydrogen-bond donors (Lipinski definition) is 2. The van der Waals surface area contributed by atoms with E-state index < -0.39 is 27.6 Å². The van der Waals surface area contributed by atoms with E-state index in [0.29, 0.717) is 31.5 Å². The van der Waals surface area contributed by atoms with E-state index in [9.17, 15) is 9.59 Å². The molecule has 4 atom stereocenters. The average molecular weight is 769 g/mol. The van der Waals surface area contributed by atoms with Gasteiger partial charge >= 0.3 is 0 Å². The molecule has 4 heterocycles. The van der Waals surface area contributed by atoms with Crippen LogP contribution in [0.2, 0.25) is 0 Å². The van der Waals surface area contributed by atoms with E-state index in [1.54, 1.807) is 0 Å². The summed E-state index contributed by atoms with van der Waals surface area (Å²) in [6.07, 6.45) is 12.8. The average Bonchev–Trinajstić information content (AvgIpc) is 3.45. The van der Waals surface area contributed by atoms with Gasteiger partial charge in [0.25, 0.3) is 5.91 Å². The van der Waals surface area contributed by atoms with Crippen molar-refractivity contribution in [1.82, 2.24) is 20.1 Å². The fourth-order valence-corrected chi connectivity index (χ4v) is 9.01. The Balaban J connectivity index is 1.02. The van der Waals surface area contributed by atoms with E-state index in [0.717, 1.165) is 88.8 Å². The number of hydrogen-bond acceptors (Lipinski definition) is 7. The summed E-state index contributed by atoms with van der Waals surface area (Å²) < 4.78 is 28.8. The molecule has 2 N–H and O–H groups in total. The van der Waals surface area contributed by atoms with Crippen molar-refractivity contribution in [2.24, 2.45) is 0 Å². The van der Waals surface area contributed by atoms with Crippen LogP contribution in [-0.2, 0) is 32.2 Å². The zero-order chi connectivity index (χ0) is 38.5. The first-order valence-electron chi connectivity index (χ1n) is 19.5. The highest BCUT2D eigenvalue weighted by Gasteiger charge is 2.52. The summed E-state index contributed by atoms with van der Waals surface area (Å²) in [4.78, 5) is 34.6. The highest BCUT2D eigenvalue weighted by molar-refractivity contribution is 8.32. The van der Waals surface area contributed by atoms with Gasteiger partial charge in [-0.1, -0.05) is 30.3 Å². The predicted molar refractivity (Wildman–Crippen MR) is 218 cm³/mol. The van der Waals surface area contributed by atoms with Gasteiger partial charge in [0.1, 0.15) is 18.6 Å². The van der Waals surface area contributed by atoms with Crippen LogP contribution in [0.15, 0.2) is 60.8 Å². The minimum atomic E-state index is -1.91. The number of carbonyl (C=O) groups excluding carboxylic acids is 2. The molecule has 2 bridgehead atoms. The van der Waals surface area contributed by atoms with Gasteiger partial charge in [0, 0.05) is 41.4 Å². The molecule has 2 saturated heterocycles. The quantitative estimate of drug-likeness (QED) is 0.142. The van der Waals surface area contributed by atoms with Gasteiger partial charge < -0.3 is 25.0 Å². The molecule has 292 valence electrons. The first-order chi connectivity index (χ1) is 26.3. The maximum Gasteiger partial charge on any atom is 0.258 e. The molecule has 2 aliphatic heterocycles. The van der Waals surface area contributed by atoms with Gasteiger partial charge in [0.05, 0.1) is 31.1 Å². The normalized spacial score (nSPS) is 21.9. The number of aryl methyl sites for hydroxylation is 2. The minimum absolute atomic E-state index is 0.175. The number of carbonyl (C=O) groups is 2. The lowest BCUT2D eigenvalue weighted by Crippen LogP contribution is -2.51. The molecule has 3 fully saturated rings. The molecule has 8 rings (SSSR count). The highest BCUT2D eigenvalue weighted by Crippen LogP contribution is 2.42. The molecule has 2 aliphatic carbocycles. The van der Waals surface area contributed by atoms with Crippen molar-refractivity contribution in [3.05, 3.63) is 83.3 Å². The first kappa shape index (κ1) is 37.7.